The summed E-state index contributed by atoms with van der Waals surface area (Å²) in [5, 5.41) is 0. The number of benzene rings is 1. The van der Waals surface area contributed by atoms with E-state index in [4.69, 9.17) is 5.73 Å². The molecule has 1 aromatic rings. The lowest BCUT2D eigenvalue weighted by atomic mass is 10.1. The summed E-state index contributed by atoms with van der Waals surface area (Å²) >= 11 is 0. The molecule has 0 aromatic heterocycles. The van der Waals surface area contributed by atoms with Crippen LogP contribution in [-0.2, 0) is 11.2 Å². The first-order chi connectivity index (χ1) is 6.72. The molecule has 0 unspecified atom stereocenters. The molecule has 2 N–H and O–H groups in total. The van der Waals surface area contributed by atoms with Crippen LogP contribution in [0.2, 0.25) is 0 Å². The van der Waals surface area contributed by atoms with Gasteiger partial charge in [0.05, 0.1) is 0 Å². The van der Waals surface area contributed by atoms with Crippen LogP contribution in [0.4, 0.5) is 4.39 Å². The first-order valence-electron chi connectivity index (χ1n) is 4.68. The fraction of sp³-hybridized carbons (Fsp3) is 0.364. The lowest BCUT2D eigenvalue weighted by molar-refractivity contribution is -0.118. The molecule has 0 aliphatic rings. The molecule has 0 aliphatic heterocycles. The van der Waals surface area contributed by atoms with Crippen molar-refractivity contribution in [3.05, 3.63) is 35.6 Å². The predicted octanol–water partition coefficient (Wildman–Crippen LogP) is 1.68. The summed E-state index contributed by atoms with van der Waals surface area (Å²) < 4.78 is 12.7. The molecule has 1 rings (SSSR count). The van der Waals surface area contributed by atoms with E-state index in [9.17, 15) is 9.18 Å². The molecule has 0 atom stereocenters. The Morgan fingerprint density at radius 1 is 1.36 bits per heavy atom. The van der Waals surface area contributed by atoms with Gasteiger partial charge in [0.15, 0.2) is 0 Å². The van der Waals surface area contributed by atoms with Crippen LogP contribution in [0, 0.1) is 5.82 Å². The van der Waals surface area contributed by atoms with Crippen molar-refractivity contribution in [1.29, 1.82) is 0 Å². The number of hydrogen-bond donors (Lipinski definition) is 1. The molecule has 14 heavy (non-hydrogen) atoms. The Hall–Kier alpha value is -1.22. The molecule has 0 saturated heterocycles. The fourth-order valence-corrected chi connectivity index (χ4v) is 1.26. The molecule has 0 heterocycles. The summed E-state index contributed by atoms with van der Waals surface area (Å²) in [5.74, 6) is -0.120. The number of hydrogen-bond acceptors (Lipinski definition) is 2. The molecule has 0 amide bonds. The Morgan fingerprint density at radius 3 is 2.79 bits per heavy atom. The fourth-order valence-electron chi connectivity index (χ4n) is 1.26. The van der Waals surface area contributed by atoms with E-state index in [1.54, 1.807) is 6.07 Å². The third-order valence-corrected chi connectivity index (χ3v) is 2.00. The Balaban J connectivity index is 2.41. The largest absolute Gasteiger partial charge is 0.330 e. The van der Waals surface area contributed by atoms with Gasteiger partial charge in [-0.05, 0) is 30.7 Å². The highest BCUT2D eigenvalue weighted by molar-refractivity contribution is 5.78. The third-order valence-electron chi connectivity index (χ3n) is 2.00. The van der Waals surface area contributed by atoms with Gasteiger partial charge in [0.25, 0.3) is 0 Å². The maximum absolute atomic E-state index is 12.7. The van der Waals surface area contributed by atoms with Crippen LogP contribution < -0.4 is 5.73 Å². The number of ketones is 1. The van der Waals surface area contributed by atoms with Gasteiger partial charge in [-0.15, -0.1) is 0 Å². The van der Waals surface area contributed by atoms with Crippen LogP contribution in [0.1, 0.15) is 18.4 Å². The molecular weight excluding hydrogens is 181 g/mol. The molecule has 76 valence electrons. The van der Waals surface area contributed by atoms with Crippen molar-refractivity contribution < 1.29 is 9.18 Å². The Morgan fingerprint density at radius 2 is 2.14 bits per heavy atom. The molecular formula is C11H14FNO. The maximum atomic E-state index is 12.7. The van der Waals surface area contributed by atoms with E-state index in [-0.39, 0.29) is 11.6 Å². The van der Waals surface area contributed by atoms with Gasteiger partial charge in [0.1, 0.15) is 11.6 Å². The van der Waals surface area contributed by atoms with Crippen molar-refractivity contribution in [3.63, 3.8) is 0 Å². The van der Waals surface area contributed by atoms with Crippen LogP contribution in [0.15, 0.2) is 24.3 Å². The second kappa shape index (κ2) is 5.50. The number of nitrogens with two attached hydrogens (primary N) is 1. The molecule has 2 nitrogen and oxygen atoms in total. The van der Waals surface area contributed by atoms with Crippen LogP contribution in [0.3, 0.4) is 0 Å². The highest BCUT2D eigenvalue weighted by Gasteiger charge is 2.01. The van der Waals surface area contributed by atoms with E-state index >= 15 is 0 Å². The quantitative estimate of drug-likeness (QED) is 0.776. The summed E-state index contributed by atoms with van der Waals surface area (Å²) in [6, 6.07) is 6.32. The van der Waals surface area contributed by atoms with E-state index in [0.29, 0.717) is 25.8 Å². The van der Waals surface area contributed by atoms with Gasteiger partial charge in [-0.3, -0.25) is 4.79 Å². The van der Waals surface area contributed by atoms with Crippen LogP contribution >= 0.6 is 0 Å². The molecule has 1 aromatic carbocycles. The first kappa shape index (κ1) is 10.9. The zero-order valence-corrected chi connectivity index (χ0v) is 8.00. The molecule has 0 radical (unpaired) electrons. The topological polar surface area (TPSA) is 43.1 Å². The van der Waals surface area contributed by atoms with Crippen molar-refractivity contribution in [1.82, 2.24) is 0 Å². The predicted molar refractivity (Wildman–Crippen MR) is 53.4 cm³/mol. The standard InChI is InChI=1S/C11H14FNO/c12-10-3-1-2-9(8-10)4-5-11(14)6-7-13/h1-3,8H,4-7,13H2. The van der Waals surface area contributed by atoms with E-state index in [0.717, 1.165) is 5.56 Å². The van der Waals surface area contributed by atoms with E-state index in [1.165, 1.54) is 12.1 Å². The first-order valence-corrected chi connectivity index (χ1v) is 4.68. The Kier molecular flexibility index (Phi) is 4.26. The second-order valence-electron chi connectivity index (χ2n) is 3.21. The van der Waals surface area contributed by atoms with Crippen molar-refractivity contribution >= 4 is 5.78 Å². The van der Waals surface area contributed by atoms with Crippen molar-refractivity contribution in [2.24, 2.45) is 5.73 Å². The highest BCUT2D eigenvalue weighted by atomic mass is 19.1. The molecule has 0 bridgehead atoms. The Labute approximate surface area is 82.9 Å². The van der Waals surface area contributed by atoms with Crippen LogP contribution in [0.25, 0.3) is 0 Å². The van der Waals surface area contributed by atoms with E-state index in [2.05, 4.69) is 0 Å². The highest BCUT2D eigenvalue weighted by Crippen LogP contribution is 2.06. The number of Topliss-reactive ketones (excluding diaryl/α,β-unsaturated/α-hetero) is 1. The lowest BCUT2D eigenvalue weighted by Gasteiger charge is -2.00. The molecule has 0 saturated carbocycles. The summed E-state index contributed by atoms with van der Waals surface area (Å²) in [4.78, 5) is 11.1. The number of halogens is 1. The molecule has 0 fully saturated rings. The van der Waals surface area contributed by atoms with E-state index in [1.807, 2.05) is 6.07 Å². The number of aryl methyl sites for hydroxylation is 1. The summed E-state index contributed by atoms with van der Waals surface area (Å²) in [6.07, 6.45) is 1.45. The van der Waals surface area contributed by atoms with Gasteiger partial charge in [-0.1, -0.05) is 12.1 Å². The van der Waals surface area contributed by atoms with Crippen LogP contribution in [-0.4, -0.2) is 12.3 Å². The van der Waals surface area contributed by atoms with Crippen molar-refractivity contribution in [2.75, 3.05) is 6.54 Å². The normalized spacial score (nSPS) is 10.1. The van der Waals surface area contributed by atoms with Crippen LogP contribution in [0.5, 0.6) is 0 Å². The summed E-state index contributed by atoms with van der Waals surface area (Å²) in [5.41, 5.74) is 6.10. The molecule has 0 aliphatic carbocycles. The minimum Gasteiger partial charge on any atom is -0.330 e. The average Bonchev–Trinajstić information content (AvgIpc) is 2.15. The maximum Gasteiger partial charge on any atom is 0.134 e. The molecule has 3 heteroatoms. The monoisotopic (exact) mass is 195 g/mol. The Bertz CT molecular complexity index is 312. The number of carbonyl (C=O) groups excluding carboxylic acids is 1. The SMILES string of the molecule is NCCC(=O)CCc1cccc(F)c1. The van der Waals surface area contributed by atoms with Gasteiger partial charge < -0.3 is 5.73 Å². The smallest absolute Gasteiger partial charge is 0.134 e. The minimum absolute atomic E-state index is 0.136. The summed E-state index contributed by atoms with van der Waals surface area (Å²) in [7, 11) is 0. The van der Waals surface area contributed by atoms with Gasteiger partial charge >= 0.3 is 0 Å². The van der Waals surface area contributed by atoms with Gasteiger partial charge in [0, 0.05) is 12.8 Å². The average molecular weight is 195 g/mol. The van der Waals surface area contributed by atoms with Gasteiger partial charge in [0.2, 0.25) is 0 Å². The zero-order valence-electron chi connectivity index (χ0n) is 8.00. The van der Waals surface area contributed by atoms with E-state index < -0.39 is 0 Å². The van der Waals surface area contributed by atoms with Gasteiger partial charge in [-0.25, -0.2) is 4.39 Å². The van der Waals surface area contributed by atoms with Crippen molar-refractivity contribution in [3.8, 4) is 0 Å². The number of rotatable bonds is 5. The third kappa shape index (κ3) is 3.66. The number of carbonyl (C=O) groups is 1. The minimum atomic E-state index is -0.256. The second-order valence-corrected chi connectivity index (χ2v) is 3.21. The molecule has 0 spiro atoms. The summed E-state index contributed by atoms with van der Waals surface area (Å²) in [6.45, 7) is 0.391. The van der Waals surface area contributed by atoms with Gasteiger partial charge in [-0.2, -0.15) is 0 Å². The zero-order chi connectivity index (χ0) is 10.4. The van der Waals surface area contributed by atoms with Crippen molar-refractivity contribution in [2.45, 2.75) is 19.3 Å². The lowest BCUT2D eigenvalue weighted by Crippen LogP contribution is -2.08.